The van der Waals surface area contributed by atoms with Crippen molar-refractivity contribution >= 4 is 33.2 Å². The largest absolute Gasteiger partial charge is 0.507 e. The number of hydrogen-bond acceptors (Lipinski definition) is 3. The van der Waals surface area contributed by atoms with Gasteiger partial charge in [-0.05, 0) is 48.9 Å². The summed E-state index contributed by atoms with van der Waals surface area (Å²) < 4.78 is 0.726. The number of nitrogen functional groups attached to an aromatic ring is 1. The van der Waals surface area contributed by atoms with Gasteiger partial charge in [0.2, 0.25) is 0 Å². The third-order valence-electron chi connectivity index (χ3n) is 2.70. The molecule has 1 amide bonds. The molecule has 0 atom stereocenters. The third-order valence-corrected chi connectivity index (χ3v) is 3.20. The topological polar surface area (TPSA) is 75.3 Å². The lowest BCUT2D eigenvalue weighted by atomic mass is 10.1. The number of phenolic OH excluding ortho intramolecular Hbond substituents is 1. The van der Waals surface area contributed by atoms with Gasteiger partial charge in [0.05, 0.1) is 5.56 Å². The smallest absolute Gasteiger partial charge is 0.259 e. The van der Waals surface area contributed by atoms with Crippen molar-refractivity contribution in [1.82, 2.24) is 0 Å². The first-order valence-corrected chi connectivity index (χ1v) is 6.42. The van der Waals surface area contributed by atoms with E-state index in [-0.39, 0.29) is 17.2 Å². The van der Waals surface area contributed by atoms with Crippen molar-refractivity contribution in [2.45, 2.75) is 6.92 Å². The molecule has 0 fully saturated rings. The maximum atomic E-state index is 12.1. The van der Waals surface area contributed by atoms with Crippen LogP contribution in [0.3, 0.4) is 0 Å². The van der Waals surface area contributed by atoms with Crippen LogP contribution >= 0.6 is 15.9 Å². The molecule has 4 N–H and O–H groups in total. The number of nitrogens with two attached hydrogens (primary N) is 1. The number of hydrogen-bond donors (Lipinski definition) is 3. The normalized spacial score (nSPS) is 10.2. The van der Waals surface area contributed by atoms with Crippen LogP contribution in [-0.2, 0) is 0 Å². The molecule has 0 aliphatic carbocycles. The summed E-state index contributed by atoms with van der Waals surface area (Å²) in [5, 5.41) is 12.4. The van der Waals surface area contributed by atoms with Gasteiger partial charge in [-0.3, -0.25) is 4.79 Å². The zero-order valence-corrected chi connectivity index (χ0v) is 11.9. The van der Waals surface area contributed by atoms with Gasteiger partial charge in [-0.1, -0.05) is 15.9 Å². The third kappa shape index (κ3) is 3.06. The minimum absolute atomic E-state index is 0.0613. The fourth-order valence-electron chi connectivity index (χ4n) is 1.71. The van der Waals surface area contributed by atoms with Gasteiger partial charge in [0.15, 0.2) is 0 Å². The lowest BCUT2D eigenvalue weighted by Gasteiger charge is -2.10. The summed E-state index contributed by atoms with van der Waals surface area (Å²) in [6.45, 7) is 1.85. The van der Waals surface area contributed by atoms with Gasteiger partial charge >= 0.3 is 0 Å². The molecule has 4 nitrogen and oxygen atoms in total. The van der Waals surface area contributed by atoms with E-state index < -0.39 is 0 Å². The van der Waals surface area contributed by atoms with Crippen LogP contribution < -0.4 is 11.1 Å². The highest BCUT2D eigenvalue weighted by Crippen LogP contribution is 2.24. The Balaban J connectivity index is 2.28. The number of nitrogens with one attached hydrogen (secondary N) is 1. The number of aromatic hydroxyl groups is 1. The Bertz CT molecular complexity index is 641. The average molecular weight is 321 g/mol. The lowest BCUT2D eigenvalue weighted by molar-refractivity contribution is 0.102. The molecule has 5 heteroatoms. The number of halogens is 1. The minimum Gasteiger partial charge on any atom is -0.507 e. The second-order valence-corrected chi connectivity index (χ2v) is 5.11. The fraction of sp³-hybridized carbons (Fsp3) is 0.0714. The van der Waals surface area contributed by atoms with Crippen LogP contribution in [0, 0.1) is 6.92 Å². The van der Waals surface area contributed by atoms with E-state index in [1.54, 1.807) is 30.3 Å². The first kappa shape index (κ1) is 13.4. The molecule has 2 aromatic carbocycles. The van der Waals surface area contributed by atoms with E-state index >= 15 is 0 Å². The average Bonchev–Trinajstić information content (AvgIpc) is 2.35. The van der Waals surface area contributed by atoms with Crippen LogP contribution in [0.4, 0.5) is 11.4 Å². The number of benzene rings is 2. The maximum Gasteiger partial charge on any atom is 0.259 e. The summed E-state index contributed by atoms with van der Waals surface area (Å²) in [4.78, 5) is 12.1. The molecule has 0 aromatic heterocycles. The molecule has 0 bridgehead atoms. The monoisotopic (exact) mass is 320 g/mol. The quantitative estimate of drug-likeness (QED) is 0.743. The molecule has 98 valence electrons. The maximum absolute atomic E-state index is 12.1. The summed E-state index contributed by atoms with van der Waals surface area (Å²) in [5.41, 5.74) is 8.04. The van der Waals surface area contributed by atoms with Gasteiger partial charge in [0.25, 0.3) is 5.91 Å². The zero-order chi connectivity index (χ0) is 14.0. The molecule has 0 aliphatic rings. The van der Waals surface area contributed by atoms with Crippen molar-refractivity contribution in [1.29, 1.82) is 0 Å². The number of phenols is 1. The first-order valence-electron chi connectivity index (χ1n) is 5.63. The molecule has 2 rings (SSSR count). The van der Waals surface area contributed by atoms with E-state index in [4.69, 9.17) is 5.73 Å². The predicted molar refractivity (Wildman–Crippen MR) is 79.4 cm³/mol. The highest BCUT2D eigenvalue weighted by Gasteiger charge is 2.12. The van der Waals surface area contributed by atoms with E-state index in [2.05, 4.69) is 21.2 Å². The standard InChI is InChI=1S/C14H13BrN2O2/c1-8-6-10(16)3-4-12(8)17-14(19)11-7-9(15)2-5-13(11)18/h2-7,18H,16H2,1H3,(H,17,19). The van der Waals surface area contributed by atoms with Crippen LogP contribution in [0.1, 0.15) is 15.9 Å². The molecule has 0 radical (unpaired) electrons. The molecule has 0 saturated carbocycles. The van der Waals surface area contributed by atoms with Gasteiger partial charge in [-0.25, -0.2) is 0 Å². The number of aryl methyl sites for hydroxylation is 1. The summed E-state index contributed by atoms with van der Waals surface area (Å²) in [6.07, 6.45) is 0. The van der Waals surface area contributed by atoms with Crippen molar-refractivity contribution in [3.05, 3.63) is 52.0 Å². The SMILES string of the molecule is Cc1cc(N)ccc1NC(=O)c1cc(Br)ccc1O. The number of carbonyl (C=O) groups excluding carboxylic acids is 1. The fourth-order valence-corrected chi connectivity index (χ4v) is 2.07. The second-order valence-electron chi connectivity index (χ2n) is 4.19. The number of amides is 1. The van der Waals surface area contributed by atoms with Crippen molar-refractivity contribution in [2.24, 2.45) is 0 Å². The van der Waals surface area contributed by atoms with Crippen LogP contribution in [0.2, 0.25) is 0 Å². The second kappa shape index (κ2) is 5.32. The summed E-state index contributed by atoms with van der Waals surface area (Å²) in [7, 11) is 0. The molecule has 19 heavy (non-hydrogen) atoms. The number of anilines is 2. The molecule has 0 unspecified atom stereocenters. The number of carbonyl (C=O) groups is 1. The predicted octanol–water partition coefficient (Wildman–Crippen LogP) is 3.30. The molecule has 0 aliphatic heterocycles. The first-order chi connectivity index (χ1) is 8.97. The zero-order valence-electron chi connectivity index (χ0n) is 10.3. The summed E-state index contributed by atoms with van der Waals surface area (Å²) in [6, 6.07) is 9.92. The molecule has 0 spiro atoms. The van der Waals surface area contributed by atoms with Crippen molar-refractivity contribution in [3.63, 3.8) is 0 Å². The van der Waals surface area contributed by atoms with E-state index in [1.165, 1.54) is 6.07 Å². The van der Waals surface area contributed by atoms with E-state index in [0.29, 0.717) is 11.4 Å². The highest BCUT2D eigenvalue weighted by atomic mass is 79.9. The van der Waals surface area contributed by atoms with Crippen molar-refractivity contribution < 1.29 is 9.90 Å². The van der Waals surface area contributed by atoms with Crippen LogP contribution in [0.25, 0.3) is 0 Å². The van der Waals surface area contributed by atoms with E-state index in [9.17, 15) is 9.90 Å². The Morgan fingerprint density at radius 1 is 1.26 bits per heavy atom. The Morgan fingerprint density at radius 3 is 2.68 bits per heavy atom. The molecule has 0 heterocycles. The molecular weight excluding hydrogens is 308 g/mol. The van der Waals surface area contributed by atoms with Gasteiger partial charge < -0.3 is 16.2 Å². The van der Waals surface area contributed by atoms with Crippen LogP contribution in [-0.4, -0.2) is 11.0 Å². The molecular formula is C14H13BrN2O2. The van der Waals surface area contributed by atoms with Crippen molar-refractivity contribution in [3.8, 4) is 5.75 Å². The Hall–Kier alpha value is -2.01. The Morgan fingerprint density at radius 2 is 2.00 bits per heavy atom. The summed E-state index contributed by atoms with van der Waals surface area (Å²) in [5.74, 6) is -0.430. The van der Waals surface area contributed by atoms with E-state index in [1.807, 2.05) is 6.92 Å². The van der Waals surface area contributed by atoms with E-state index in [0.717, 1.165) is 10.0 Å². The molecule has 2 aromatic rings. The Kier molecular flexibility index (Phi) is 3.76. The Labute approximate surface area is 119 Å². The van der Waals surface area contributed by atoms with Gasteiger partial charge in [0.1, 0.15) is 5.75 Å². The van der Waals surface area contributed by atoms with Gasteiger partial charge in [-0.2, -0.15) is 0 Å². The lowest BCUT2D eigenvalue weighted by Crippen LogP contribution is -2.13. The van der Waals surface area contributed by atoms with Gasteiger partial charge in [0, 0.05) is 15.8 Å². The van der Waals surface area contributed by atoms with Crippen molar-refractivity contribution in [2.75, 3.05) is 11.1 Å². The van der Waals surface area contributed by atoms with Crippen LogP contribution in [0.15, 0.2) is 40.9 Å². The van der Waals surface area contributed by atoms with Crippen LogP contribution in [0.5, 0.6) is 5.75 Å². The minimum atomic E-state index is -0.369. The number of rotatable bonds is 2. The summed E-state index contributed by atoms with van der Waals surface area (Å²) >= 11 is 3.27. The van der Waals surface area contributed by atoms with Gasteiger partial charge in [-0.15, -0.1) is 0 Å². The molecule has 0 saturated heterocycles. The highest BCUT2D eigenvalue weighted by molar-refractivity contribution is 9.10.